The van der Waals surface area contributed by atoms with Crippen LogP contribution in [0.3, 0.4) is 0 Å². The molecule has 4 rings (SSSR count). The number of benzene rings is 1. The molecular weight excluding hydrogens is 603 g/mol. The number of nitrogens with zero attached hydrogens (tertiary/aromatic N) is 4. The highest BCUT2D eigenvalue weighted by Gasteiger charge is 2.36. The molecule has 0 aliphatic carbocycles. The van der Waals surface area contributed by atoms with Crippen LogP contribution >= 0.6 is 22.6 Å². The number of carbonyl (C=O) groups is 3. The van der Waals surface area contributed by atoms with Gasteiger partial charge >= 0.3 is 12.1 Å². The predicted octanol–water partition coefficient (Wildman–Crippen LogP) is 4.68. The summed E-state index contributed by atoms with van der Waals surface area (Å²) in [6, 6.07) is 9.40. The van der Waals surface area contributed by atoms with Gasteiger partial charge in [0.25, 0.3) is 5.91 Å². The standard InChI is InChI=1S/C26H29IN6O5/c1-26(2,3)38-25(37)32-13-5-4-6-18(32)22-31-20(21(24(35)36)33(22)28)15-7-9-16(10-8-15)23(34)30-19-14-17(27)11-12-29-19/h7-12,14,18H,4-6,13,28H2,1-3H3,(H,35,36)(H,29,30,34). The molecule has 1 aromatic carbocycles. The summed E-state index contributed by atoms with van der Waals surface area (Å²) in [4.78, 5) is 48.1. The molecule has 3 heterocycles. The molecule has 0 spiro atoms. The molecule has 12 heteroatoms. The number of likely N-dealkylation sites (tertiary alicyclic amines) is 1. The van der Waals surface area contributed by atoms with E-state index in [2.05, 4.69) is 37.9 Å². The second-order valence-corrected chi connectivity index (χ2v) is 11.2. The fourth-order valence-corrected chi connectivity index (χ4v) is 4.73. The first-order chi connectivity index (χ1) is 17.9. The topological polar surface area (TPSA) is 153 Å². The lowest BCUT2D eigenvalue weighted by atomic mass is 10.0. The van der Waals surface area contributed by atoms with Gasteiger partial charge in [-0.3, -0.25) is 9.69 Å². The molecule has 0 radical (unpaired) electrons. The summed E-state index contributed by atoms with van der Waals surface area (Å²) in [6.45, 7) is 5.81. The van der Waals surface area contributed by atoms with Crippen LogP contribution < -0.4 is 11.2 Å². The van der Waals surface area contributed by atoms with Crippen molar-refractivity contribution < 1.29 is 24.2 Å². The van der Waals surface area contributed by atoms with Crippen molar-refractivity contribution >= 4 is 46.4 Å². The number of hydrogen-bond acceptors (Lipinski definition) is 7. The van der Waals surface area contributed by atoms with E-state index in [4.69, 9.17) is 10.6 Å². The van der Waals surface area contributed by atoms with Crippen LogP contribution in [-0.4, -0.2) is 54.8 Å². The Labute approximate surface area is 233 Å². The van der Waals surface area contributed by atoms with Gasteiger partial charge in [0.15, 0.2) is 11.5 Å². The van der Waals surface area contributed by atoms with Gasteiger partial charge in [-0.15, -0.1) is 0 Å². The normalized spacial score (nSPS) is 15.7. The average Bonchev–Trinajstić information content (AvgIpc) is 3.20. The number of nitrogens with one attached hydrogen (secondary N) is 1. The number of imidazole rings is 1. The van der Waals surface area contributed by atoms with Gasteiger partial charge in [0, 0.05) is 27.4 Å². The Morgan fingerprint density at radius 3 is 2.50 bits per heavy atom. The van der Waals surface area contributed by atoms with E-state index in [0.29, 0.717) is 29.9 Å². The summed E-state index contributed by atoms with van der Waals surface area (Å²) in [6.07, 6.45) is 3.29. The smallest absolute Gasteiger partial charge is 0.410 e. The van der Waals surface area contributed by atoms with Gasteiger partial charge in [-0.25, -0.2) is 24.2 Å². The Bertz CT molecular complexity index is 1370. The van der Waals surface area contributed by atoms with Crippen LogP contribution in [0.5, 0.6) is 0 Å². The molecule has 1 unspecified atom stereocenters. The SMILES string of the molecule is CC(C)(C)OC(=O)N1CCCCC1c1nc(-c2ccc(C(=O)Nc3cc(I)ccn3)cc2)c(C(=O)O)n1N. The lowest BCUT2D eigenvalue weighted by molar-refractivity contribution is 0.00821. The summed E-state index contributed by atoms with van der Waals surface area (Å²) in [7, 11) is 0. The van der Waals surface area contributed by atoms with Gasteiger partial charge in [0.1, 0.15) is 17.1 Å². The number of rotatable bonds is 5. The minimum atomic E-state index is -1.26. The molecule has 3 aromatic rings. The number of anilines is 1. The van der Waals surface area contributed by atoms with E-state index < -0.39 is 23.7 Å². The largest absolute Gasteiger partial charge is 0.476 e. The number of pyridine rings is 1. The maximum absolute atomic E-state index is 12.9. The Kier molecular flexibility index (Phi) is 7.90. The third-order valence-corrected chi connectivity index (χ3v) is 6.62. The van der Waals surface area contributed by atoms with Crippen LogP contribution in [0.4, 0.5) is 10.6 Å². The number of halogens is 1. The fourth-order valence-electron chi connectivity index (χ4n) is 4.27. The molecule has 1 fully saturated rings. The van der Waals surface area contributed by atoms with Crippen LogP contribution in [0.25, 0.3) is 11.3 Å². The molecule has 0 saturated carbocycles. The number of amides is 2. The van der Waals surface area contributed by atoms with E-state index in [1.165, 1.54) is 0 Å². The van der Waals surface area contributed by atoms with Crippen molar-refractivity contribution in [3.63, 3.8) is 0 Å². The zero-order valence-corrected chi connectivity index (χ0v) is 23.4. The zero-order chi connectivity index (χ0) is 27.6. The molecule has 2 amide bonds. The van der Waals surface area contributed by atoms with Gasteiger partial charge in [0.2, 0.25) is 0 Å². The van der Waals surface area contributed by atoms with Crippen LogP contribution in [0.15, 0.2) is 42.6 Å². The van der Waals surface area contributed by atoms with E-state index >= 15 is 0 Å². The summed E-state index contributed by atoms with van der Waals surface area (Å²) in [5.41, 5.74) is 0.0851. The number of aromatic nitrogens is 3. The van der Waals surface area contributed by atoms with Crippen molar-refractivity contribution in [3.8, 4) is 11.3 Å². The van der Waals surface area contributed by atoms with Crippen molar-refractivity contribution in [3.05, 3.63) is 63.2 Å². The highest BCUT2D eigenvalue weighted by Crippen LogP contribution is 2.34. The van der Waals surface area contributed by atoms with Crippen LogP contribution in [0, 0.1) is 3.57 Å². The molecule has 38 heavy (non-hydrogen) atoms. The van der Waals surface area contributed by atoms with Crippen molar-refractivity contribution in [2.45, 2.75) is 51.7 Å². The Hall–Kier alpha value is -3.68. The van der Waals surface area contributed by atoms with Crippen molar-refractivity contribution in [2.75, 3.05) is 17.7 Å². The van der Waals surface area contributed by atoms with Gasteiger partial charge in [0.05, 0.1) is 6.04 Å². The highest BCUT2D eigenvalue weighted by molar-refractivity contribution is 14.1. The van der Waals surface area contributed by atoms with Crippen molar-refractivity contribution in [1.29, 1.82) is 0 Å². The number of hydrogen-bond donors (Lipinski definition) is 3. The molecule has 1 saturated heterocycles. The number of piperidine rings is 1. The first-order valence-corrected chi connectivity index (χ1v) is 13.2. The van der Waals surface area contributed by atoms with Gasteiger partial charge in [-0.1, -0.05) is 12.1 Å². The predicted molar refractivity (Wildman–Crippen MR) is 149 cm³/mol. The van der Waals surface area contributed by atoms with Crippen LogP contribution in [0.2, 0.25) is 0 Å². The third-order valence-electron chi connectivity index (χ3n) is 5.95. The molecule has 0 bridgehead atoms. The molecular formula is C26H29IN6O5. The number of aromatic carboxylic acids is 1. The van der Waals surface area contributed by atoms with Crippen molar-refractivity contribution in [2.24, 2.45) is 0 Å². The lowest BCUT2D eigenvalue weighted by Crippen LogP contribution is -2.43. The van der Waals surface area contributed by atoms with E-state index in [0.717, 1.165) is 21.1 Å². The summed E-state index contributed by atoms with van der Waals surface area (Å²) < 4.78 is 7.54. The molecule has 11 nitrogen and oxygen atoms in total. The monoisotopic (exact) mass is 632 g/mol. The van der Waals surface area contributed by atoms with Gasteiger partial charge in [-0.05, 0) is 86.9 Å². The molecule has 1 aliphatic rings. The summed E-state index contributed by atoms with van der Waals surface area (Å²) in [5, 5.41) is 12.7. The van der Waals surface area contributed by atoms with E-state index in [-0.39, 0.29) is 23.1 Å². The minimum absolute atomic E-state index is 0.149. The lowest BCUT2D eigenvalue weighted by Gasteiger charge is -2.36. The Morgan fingerprint density at radius 1 is 1.16 bits per heavy atom. The molecule has 4 N–H and O–H groups in total. The summed E-state index contributed by atoms with van der Waals surface area (Å²) >= 11 is 2.13. The molecule has 1 aliphatic heterocycles. The first kappa shape index (κ1) is 27.4. The quantitative estimate of drug-likeness (QED) is 0.271. The van der Waals surface area contributed by atoms with Crippen LogP contribution in [0.1, 0.15) is 72.7 Å². The maximum atomic E-state index is 12.9. The number of nitrogen functional groups attached to an aromatic ring is 1. The van der Waals surface area contributed by atoms with E-state index in [9.17, 15) is 19.5 Å². The number of ether oxygens (including phenoxy) is 1. The maximum Gasteiger partial charge on any atom is 0.410 e. The van der Waals surface area contributed by atoms with Crippen LogP contribution in [-0.2, 0) is 4.74 Å². The zero-order valence-electron chi connectivity index (χ0n) is 21.3. The van der Waals surface area contributed by atoms with E-state index in [1.807, 2.05) is 6.07 Å². The Balaban J connectivity index is 1.64. The number of nitrogens with two attached hydrogens (primary N) is 1. The Morgan fingerprint density at radius 2 is 1.87 bits per heavy atom. The average molecular weight is 632 g/mol. The molecule has 200 valence electrons. The van der Waals surface area contributed by atoms with Gasteiger partial charge < -0.3 is 21.0 Å². The molecule has 2 aromatic heterocycles. The first-order valence-electron chi connectivity index (χ1n) is 12.1. The number of carbonyl (C=O) groups excluding carboxylic acids is 2. The van der Waals surface area contributed by atoms with Gasteiger partial charge in [-0.2, -0.15) is 0 Å². The molecule has 1 atom stereocenters. The second-order valence-electron chi connectivity index (χ2n) is 9.92. The number of carboxylic acid groups (broad SMARTS) is 1. The van der Waals surface area contributed by atoms with Crippen molar-refractivity contribution in [1.82, 2.24) is 19.5 Å². The number of carboxylic acids is 1. The van der Waals surface area contributed by atoms with E-state index in [1.54, 1.807) is 62.2 Å². The highest BCUT2D eigenvalue weighted by atomic mass is 127. The third kappa shape index (κ3) is 6.06. The fraction of sp³-hybridized carbons (Fsp3) is 0.346. The minimum Gasteiger partial charge on any atom is -0.476 e. The second kappa shape index (κ2) is 11.0. The summed E-state index contributed by atoms with van der Waals surface area (Å²) in [5.74, 6) is 5.33.